The number of fused-ring (bicyclic) bond motifs is 4. The Labute approximate surface area is 389 Å². The van der Waals surface area contributed by atoms with Crippen molar-refractivity contribution in [3.8, 4) is 40.1 Å². The van der Waals surface area contributed by atoms with E-state index >= 15 is 0 Å². The molecule has 64 heavy (non-hydrogen) atoms. The maximum absolute atomic E-state index is 6.59. The third kappa shape index (κ3) is 7.62. The first-order valence-corrected chi connectivity index (χ1v) is 21.2. The fraction of sp³-hybridized carbons (Fsp3) is 0.185. The van der Waals surface area contributed by atoms with Gasteiger partial charge in [-0.1, -0.05) is 79.9 Å². The molecular weight excluding hydrogens is 972 g/mol. The van der Waals surface area contributed by atoms with E-state index in [-0.39, 0.29) is 26.5 Å². The van der Waals surface area contributed by atoms with Crippen molar-refractivity contribution < 1.29 is 25.8 Å². The molecule has 0 aliphatic carbocycles. The van der Waals surface area contributed by atoms with Gasteiger partial charge in [0, 0.05) is 61.6 Å². The summed E-state index contributed by atoms with van der Waals surface area (Å²) in [4.78, 5) is 29.2. The van der Waals surface area contributed by atoms with Gasteiger partial charge in [-0.3, -0.25) is 0 Å². The van der Waals surface area contributed by atoms with Gasteiger partial charge < -0.3 is 19.1 Å². The van der Waals surface area contributed by atoms with Crippen molar-refractivity contribution in [2.45, 2.75) is 67.7 Å². The summed E-state index contributed by atoms with van der Waals surface area (Å²) in [5.74, 6) is 4.31. The predicted octanol–water partition coefficient (Wildman–Crippen LogP) is 13.0. The van der Waals surface area contributed by atoms with E-state index in [4.69, 9.17) is 29.7 Å². The predicted molar refractivity (Wildman–Crippen MR) is 253 cm³/mol. The molecule has 0 N–H and O–H groups in total. The van der Waals surface area contributed by atoms with Crippen LogP contribution in [0.5, 0.6) is 11.5 Å². The maximum atomic E-state index is 6.59. The monoisotopic (exact) mass is 1020 g/mol. The van der Waals surface area contributed by atoms with Crippen LogP contribution in [-0.4, -0.2) is 29.5 Å². The topological polar surface area (TPSA) is 85.1 Å². The second-order valence-corrected chi connectivity index (χ2v) is 17.6. The fourth-order valence-electron chi connectivity index (χ4n) is 9.03. The van der Waals surface area contributed by atoms with Gasteiger partial charge in [-0.2, -0.15) is 22.1 Å². The fourth-order valence-corrected chi connectivity index (χ4v) is 9.03. The van der Waals surface area contributed by atoms with Gasteiger partial charge in [-0.25, -0.2) is 15.0 Å². The number of para-hydroxylation sites is 1. The number of hydrogen-bond acceptors (Lipinski definition) is 8. The Balaban J connectivity index is 0.00000518. The number of rotatable bonds is 7. The zero-order valence-corrected chi connectivity index (χ0v) is 39.6. The van der Waals surface area contributed by atoms with Gasteiger partial charge in [-0.05, 0) is 110 Å². The average molecular weight is 1020 g/mol. The van der Waals surface area contributed by atoms with Crippen LogP contribution >= 0.6 is 0 Å². The smallest absolute Gasteiger partial charge is 0.206 e. The Morgan fingerprint density at radius 3 is 1.92 bits per heavy atom. The molecule has 5 aromatic carbocycles. The molecular formula is C54H47N8OPt-3. The molecule has 0 saturated heterocycles. The first-order chi connectivity index (χ1) is 30.3. The van der Waals surface area contributed by atoms with Gasteiger partial charge in [0.05, 0.1) is 5.69 Å². The van der Waals surface area contributed by atoms with Crippen LogP contribution in [0.1, 0.15) is 59.7 Å². The van der Waals surface area contributed by atoms with Crippen molar-refractivity contribution in [3.05, 3.63) is 173 Å². The van der Waals surface area contributed by atoms with Gasteiger partial charge in [-0.15, -0.1) is 48.1 Å². The molecule has 0 bridgehead atoms. The van der Waals surface area contributed by atoms with Crippen molar-refractivity contribution in [1.82, 2.24) is 29.5 Å². The van der Waals surface area contributed by atoms with E-state index in [0.717, 1.165) is 72.4 Å². The molecule has 322 valence electrons. The number of aromatic nitrogens is 6. The average Bonchev–Trinajstić information content (AvgIpc) is 3.79. The first-order valence-electron chi connectivity index (χ1n) is 21.2. The number of aryl methyl sites for hydroxylation is 6. The Bertz CT molecular complexity index is 3150. The van der Waals surface area contributed by atoms with E-state index < -0.39 is 0 Å². The number of pyridine rings is 2. The first kappa shape index (κ1) is 42.6. The molecule has 1 aliphatic heterocycles. The number of benzene rings is 5. The minimum atomic E-state index is -0.0355. The van der Waals surface area contributed by atoms with Gasteiger partial charge in [0.1, 0.15) is 11.6 Å². The molecule has 1 aliphatic rings. The molecule has 9 nitrogen and oxygen atoms in total. The zero-order chi connectivity index (χ0) is 43.7. The summed E-state index contributed by atoms with van der Waals surface area (Å²) in [5.41, 5.74) is 13.5. The van der Waals surface area contributed by atoms with Crippen molar-refractivity contribution >= 4 is 44.9 Å². The number of anilines is 4. The summed E-state index contributed by atoms with van der Waals surface area (Å²) in [6.45, 7) is 21.3. The van der Waals surface area contributed by atoms with E-state index in [2.05, 4.69) is 146 Å². The SMILES string of the molecule is Cc1cc(C)c(-c2nc(-c3c(C)cc(C)cc3C)nc(N3[CH-]N(c4[c-]c(Oc5[c-]c6c(cc5)c5ccccc5n6-c5cc(C(C)(C)C)ccn5)ccc4)c4cccnc43)n2)c(C)c1.[Pt]. The molecule has 0 radical (unpaired) electrons. The Hall–Kier alpha value is -6.70. The minimum Gasteiger partial charge on any atom is -0.509 e. The molecule has 0 spiro atoms. The van der Waals surface area contributed by atoms with Crippen LogP contribution in [0, 0.1) is 60.3 Å². The van der Waals surface area contributed by atoms with Crippen LogP contribution in [0.15, 0.2) is 116 Å². The molecule has 0 fully saturated rings. The van der Waals surface area contributed by atoms with Crippen molar-refractivity contribution in [3.63, 3.8) is 0 Å². The quantitative estimate of drug-likeness (QED) is 0.146. The zero-order valence-electron chi connectivity index (χ0n) is 37.3. The molecule has 10 heteroatoms. The van der Waals surface area contributed by atoms with Crippen molar-refractivity contribution in [2.75, 3.05) is 9.80 Å². The Morgan fingerprint density at radius 2 is 1.25 bits per heavy atom. The summed E-state index contributed by atoms with van der Waals surface area (Å²) < 4.78 is 8.77. The number of nitrogens with zero attached hydrogens (tertiary/aromatic N) is 8. The Morgan fingerprint density at radius 1 is 0.594 bits per heavy atom. The van der Waals surface area contributed by atoms with Crippen molar-refractivity contribution in [2.24, 2.45) is 0 Å². The summed E-state index contributed by atoms with van der Waals surface area (Å²) in [6, 6.07) is 42.4. The standard InChI is InChI=1S/C54H47N8O.Pt/c1-32-24-34(3)48(35(4)25-32)50-57-51(49-36(5)26-33(2)27-37(49)6)59-53(58-50)61-31-60(45-18-13-22-56-52(45)61)39-14-12-15-40(29-39)63-41-19-20-43-42-16-10-11-17-44(42)62(46(43)30-41)47-28-38(21-23-55-47)54(7,8)9;/h10-28,31H,1-9H3;/q-3;. The molecule has 0 unspecified atom stereocenters. The van der Waals surface area contributed by atoms with Gasteiger partial charge in [0.25, 0.3) is 0 Å². The van der Waals surface area contributed by atoms with E-state index in [1.165, 1.54) is 16.7 Å². The third-order valence-electron chi connectivity index (χ3n) is 11.8. The van der Waals surface area contributed by atoms with Gasteiger partial charge >= 0.3 is 0 Å². The van der Waals surface area contributed by atoms with E-state index in [0.29, 0.717) is 34.9 Å². The molecule has 9 aromatic rings. The summed E-state index contributed by atoms with van der Waals surface area (Å²) in [7, 11) is 0. The number of hydrogen-bond donors (Lipinski definition) is 0. The summed E-state index contributed by atoms with van der Waals surface area (Å²) >= 11 is 0. The van der Waals surface area contributed by atoms with E-state index in [1.807, 2.05) is 59.1 Å². The molecule has 4 aromatic heterocycles. The molecule has 0 amide bonds. The van der Waals surface area contributed by atoms with Crippen molar-refractivity contribution in [1.29, 1.82) is 0 Å². The van der Waals surface area contributed by atoms with Crippen LogP contribution < -0.4 is 14.5 Å². The van der Waals surface area contributed by atoms with Gasteiger partial charge in [0.15, 0.2) is 11.6 Å². The van der Waals surface area contributed by atoms with Crippen LogP contribution in [0.4, 0.5) is 23.1 Å². The van der Waals surface area contributed by atoms with Crippen LogP contribution in [0.3, 0.4) is 0 Å². The third-order valence-corrected chi connectivity index (χ3v) is 11.8. The molecule has 10 rings (SSSR count). The largest absolute Gasteiger partial charge is 0.509 e. The van der Waals surface area contributed by atoms with Gasteiger partial charge in [0.2, 0.25) is 5.95 Å². The Kier molecular flexibility index (Phi) is 10.9. The van der Waals surface area contributed by atoms with E-state index in [9.17, 15) is 0 Å². The van der Waals surface area contributed by atoms with E-state index in [1.54, 1.807) is 6.20 Å². The molecule has 0 saturated carbocycles. The molecule has 0 atom stereocenters. The second kappa shape index (κ2) is 16.5. The summed E-state index contributed by atoms with van der Waals surface area (Å²) in [5, 5.41) is 2.19. The minimum absolute atomic E-state index is 0. The number of ether oxygens (including phenoxy) is 1. The molecule has 5 heterocycles. The second-order valence-electron chi connectivity index (χ2n) is 17.6. The van der Waals surface area contributed by atoms with Crippen LogP contribution in [-0.2, 0) is 26.5 Å². The normalized spacial score (nSPS) is 12.5. The maximum Gasteiger partial charge on any atom is 0.206 e. The van der Waals surface area contributed by atoms with Crippen LogP contribution in [0.2, 0.25) is 0 Å². The van der Waals surface area contributed by atoms with Crippen LogP contribution in [0.25, 0.3) is 50.4 Å². The summed E-state index contributed by atoms with van der Waals surface area (Å²) in [6.07, 6.45) is 3.68.